The minimum absolute atomic E-state index is 0.240. The fraction of sp³-hybridized carbons (Fsp3) is 0.263. The van der Waals surface area contributed by atoms with E-state index in [0.29, 0.717) is 17.3 Å². The van der Waals surface area contributed by atoms with E-state index in [1.807, 2.05) is 25.1 Å². The molecule has 2 aromatic carbocycles. The van der Waals surface area contributed by atoms with Gasteiger partial charge in [-0.3, -0.25) is 9.59 Å². The number of halogens is 1. The molecule has 0 saturated carbocycles. The Morgan fingerprint density at radius 3 is 2.80 bits per heavy atom. The van der Waals surface area contributed by atoms with Crippen molar-refractivity contribution in [2.75, 3.05) is 18.5 Å². The van der Waals surface area contributed by atoms with Gasteiger partial charge in [0.05, 0.1) is 6.61 Å². The van der Waals surface area contributed by atoms with Gasteiger partial charge in [-0.15, -0.1) is 0 Å². The molecule has 1 heterocycles. The molecular formula is C19H19ClN2O3. The first-order chi connectivity index (χ1) is 12.0. The largest absolute Gasteiger partial charge is 0.371 e. The number of aryl methyl sites for hydroxylation is 1. The lowest BCUT2D eigenvalue weighted by atomic mass is 9.97. The van der Waals surface area contributed by atoms with Crippen LogP contribution in [-0.4, -0.2) is 25.0 Å². The lowest BCUT2D eigenvalue weighted by Crippen LogP contribution is -2.38. The van der Waals surface area contributed by atoms with E-state index < -0.39 is 11.8 Å². The van der Waals surface area contributed by atoms with Crippen molar-refractivity contribution < 1.29 is 14.3 Å². The number of hydrogen-bond donors (Lipinski definition) is 2. The molecule has 3 rings (SSSR count). The first-order valence-corrected chi connectivity index (χ1v) is 8.47. The summed E-state index contributed by atoms with van der Waals surface area (Å²) in [7, 11) is 0. The molecule has 5 nitrogen and oxygen atoms in total. The average Bonchev–Trinajstić information content (AvgIpc) is 2.62. The third-order valence-electron chi connectivity index (χ3n) is 4.18. The van der Waals surface area contributed by atoms with Gasteiger partial charge in [0.2, 0.25) is 0 Å². The van der Waals surface area contributed by atoms with Gasteiger partial charge in [0.15, 0.2) is 0 Å². The highest BCUT2D eigenvalue weighted by Gasteiger charge is 2.22. The van der Waals surface area contributed by atoms with Crippen molar-refractivity contribution in [3.8, 4) is 0 Å². The van der Waals surface area contributed by atoms with Gasteiger partial charge in [-0.2, -0.15) is 0 Å². The van der Waals surface area contributed by atoms with Crippen LogP contribution in [0.2, 0.25) is 5.02 Å². The molecule has 2 amide bonds. The Kier molecular flexibility index (Phi) is 5.36. The predicted molar refractivity (Wildman–Crippen MR) is 96.7 cm³/mol. The molecule has 1 atom stereocenters. The molecule has 0 saturated heterocycles. The van der Waals surface area contributed by atoms with Crippen LogP contribution in [0.5, 0.6) is 0 Å². The zero-order chi connectivity index (χ0) is 17.8. The highest BCUT2D eigenvalue weighted by Crippen LogP contribution is 2.26. The van der Waals surface area contributed by atoms with Crippen LogP contribution in [0.15, 0.2) is 42.5 Å². The van der Waals surface area contributed by atoms with Gasteiger partial charge in [-0.1, -0.05) is 41.9 Å². The number of anilines is 1. The Balaban J connectivity index is 1.57. The quantitative estimate of drug-likeness (QED) is 0.829. The van der Waals surface area contributed by atoms with Crippen molar-refractivity contribution >= 4 is 29.1 Å². The number of rotatable bonds is 3. The molecule has 0 radical (unpaired) electrons. The summed E-state index contributed by atoms with van der Waals surface area (Å²) in [5.74, 6) is -1.44. The monoisotopic (exact) mass is 358 g/mol. The van der Waals surface area contributed by atoms with E-state index >= 15 is 0 Å². The van der Waals surface area contributed by atoms with E-state index in [1.54, 1.807) is 18.2 Å². The lowest BCUT2D eigenvalue weighted by molar-refractivity contribution is -0.136. The van der Waals surface area contributed by atoms with Crippen LogP contribution in [0, 0.1) is 6.92 Å². The Morgan fingerprint density at radius 2 is 2.00 bits per heavy atom. The zero-order valence-electron chi connectivity index (χ0n) is 13.8. The smallest absolute Gasteiger partial charge is 0.313 e. The topological polar surface area (TPSA) is 67.4 Å². The summed E-state index contributed by atoms with van der Waals surface area (Å²) in [6.07, 6.45) is 0.616. The first-order valence-electron chi connectivity index (χ1n) is 8.09. The van der Waals surface area contributed by atoms with Gasteiger partial charge in [-0.05, 0) is 42.2 Å². The third-order valence-corrected chi connectivity index (χ3v) is 4.58. The lowest BCUT2D eigenvalue weighted by Gasteiger charge is -2.26. The Bertz CT molecular complexity index is 807. The molecule has 0 aromatic heterocycles. The number of carbonyl (C=O) groups excluding carboxylic acids is 2. The first kappa shape index (κ1) is 17.5. The Labute approximate surface area is 151 Å². The molecule has 0 aliphatic carbocycles. The second kappa shape index (κ2) is 7.68. The summed E-state index contributed by atoms with van der Waals surface area (Å²) >= 11 is 6.02. The van der Waals surface area contributed by atoms with Crippen molar-refractivity contribution in [2.45, 2.75) is 19.4 Å². The van der Waals surface area contributed by atoms with E-state index in [9.17, 15) is 9.59 Å². The summed E-state index contributed by atoms with van der Waals surface area (Å²) < 4.78 is 5.72. The summed E-state index contributed by atoms with van der Waals surface area (Å²) in [4.78, 5) is 24.1. The van der Waals surface area contributed by atoms with Gasteiger partial charge >= 0.3 is 11.8 Å². The molecule has 0 spiro atoms. The van der Waals surface area contributed by atoms with E-state index in [-0.39, 0.29) is 12.6 Å². The molecule has 1 aliphatic rings. The standard InChI is InChI=1S/C19H19ClN2O3/c1-12-6-7-14(10-16(12)20)22-19(24)18(23)21-11-17-15-5-3-2-4-13(15)8-9-25-17/h2-7,10,17H,8-9,11H2,1H3,(H,21,23)(H,22,24)/t17-/m1/s1. The van der Waals surface area contributed by atoms with Gasteiger partial charge in [-0.25, -0.2) is 0 Å². The fourth-order valence-corrected chi connectivity index (χ4v) is 2.95. The maximum absolute atomic E-state index is 12.0. The normalized spacial score (nSPS) is 16.0. The maximum atomic E-state index is 12.0. The molecule has 2 aromatic rings. The third kappa shape index (κ3) is 4.18. The molecule has 130 valence electrons. The van der Waals surface area contributed by atoms with Crippen molar-refractivity contribution in [2.24, 2.45) is 0 Å². The van der Waals surface area contributed by atoms with Gasteiger partial charge < -0.3 is 15.4 Å². The average molecular weight is 359 g/mol. The van der Waals surface area contributed by atoms with Crippen LogP contribution in [-0.2, 0) is 20.7 Å². The minimum Gasteiger partial charge on any atom is -0.371 e. The van der Waals surface area contributed by atoms with Crippen molar-refractivity contribution in [3.63, 3.8) is 0 Å². The van der Waals surface area contributed by atoms with Crippen LogP contribution >= 0.6 is 11.6 Å². The SMILES string of the molecule is Cc1ccc(NC(=O)C(=O)NC[C@H]2OCCc3ccccc32)cc1Cl. The van der Waals surface area contributed by atoms with E-state index in [2.05, 4.69) is 16.7 Å². The number of amides is 2. The van der Waals surface area contributed by atoms with Crippen molar-refractivity contribution in [1.29, 1.82) is 0 Å². The summed E-state index contributed by atoms with van der Waals surface area (Å²) in [6.45, 7) is 2.71. The number of hydrogen-bond acceptors (Lipinski definition) is 3. The van der Waals surface area contributed by atoms with Crippen LogP contribution < -0.4 is 10.6 Å². The molecule has 1 aliphatic heterocycles. The second-order valence-corrected chi connectivity index (χ2v) is 6.34. The Hall–Kier alpha value is -2.37. The number of carbonyl (C=O) groups is 2. The number of fused-ring (bicyclic) bond motifs is 1. The number of ether oxygens (including phenoxy) is 1. The van der Waals surface area contributed by atoms with E-state index in [4.69, 9.17) is 16.3 Å². The van der Waals surface area contributed by atoms with E-state index in [1.165, 1.54) is 5.56 Å². The molecular weight excluding hydrogens is 340 g/mol. The molecule has 0 fully saturated rings. The van der Waals surface area contributed by atoms with Gasteiger partial charge in [0, 0.05) is 17.3 Å². The summed E-state index contributed by atoms with van der Waals surface area (Å²) in [5.41, 5.74) is 3.65. The molecule has 0 bridgehead atoms. The van der Waals surface area contributed by atoms with Crippen LogP contribution in [0.3, 0.4) is 0 Å². The van der Waals surface area contributed by atoms with Crippen LogP contribution in [0.4, 0.5) is 5.69 Å². The Morgan fingerprint density at radius 1 is 1.20 bits per heavy atom. The zero-order valence-corrected chi connectivity index (χ0v) is 14.6. The molecule has 0 unspecified atom stereocenters. The van der Waals surface area contributed by atoms with Gasteiger partial charge in [0.1, 0.15) is 6.10 Å². The van der Waals surface area contributed by atoms with Gasteiger partial charge in [0.25, 0.3) is 0 Å². The predicted octanol–water partition coefficient (Wildman–Crippen LogP) is 3.02. The van der Waals surface area contributed by atoms with Crippen molar-refractivity contribution in [3.05, 3.63) is 64.2 Å². The second-order valence-electron chi connectivity index (χ2n) is 5.94. The summed E-state index contributed by atoms with van der Waals surface area (Å²) in [6, 6.07) is 13.1. The van der Waals surface area contributed by atoms with Crippen molar-refractivity contribution in [1.82, 2.24) is 5.32 Å². The number of benzene rings is 2. The minimum atomic E-state index is -0.732. The van der Waals surface area contributed by atoms with E-state index in [0.717, 1.165) is 17.5 Å². The van der Waals surface area contributed by atoms with Crippen LogP contribution in [0.1, 0.15) is 22.8 Å². The molecule has 25 heavy (non-hydrogen) atoms. The highest BCUT2D eigenvalue weighted by molar-refractivity contribution is 6.39. The summed E-state index contributed by atoms with van der Waals surface area (Å²) in [5, 5.41) is 5.70. The maximum Gasteiger partial charge on any atom is 0.313 e. The molecule has 2 N–H and O–H groups in total. The number of nitrogens with one attached hydrogen (secondary N) is 2. The van der Waals surface area contributed by atoms with Crippen LogP contribution in [0.25, 0.3) is 0 Å². The fourth-order valence-electron chi connectivity index (χ4n) is 2.77. The highest BCUT2D eigenvalue weighted by atomic mass is 35.5. The molecule has 6 heteroatoms.